The summed E-state index contributed by atoms with van der Waals surface area (Å²) in [5.74, 6) is -1.42. The summed E-state index contributed by atoms with van der Waals surface area (Å²) in [6.07, 6.45) is 6.26. The van der Waals surface area contributed by atoms with E-state index < -0.39 is 17.5 Å². The molecule has 0 fully saturated rings. The van der Waals surface area contributed by atoms with Gasteiger partial charge >= 0.3 is 0 Å². The number of nitrogens with zero attached hydrogens (tertiary/aromatic N) is 4. The van der Waals surface area contributed by atoms with Crippen LogP contribution in [0.15, 0.2) is 55.1 Å². The Labute approximate surface area is 219 Å². The number of hydrogen-bond acceptors (Lipinski definition) is 7. The molecule has 2 heterocycles. The standard InChI is InChI=1S/C27H30F2N7O2/c1-4-27(2,3)32-11-6-12-38-19-9-10-20-23(13-19)30-17-31-26(20)34-18-14-33-36(15-18)16-24(37)35-22-8-5-7-21(28)25(22)29/h5,7-10,13-15,17,32H,1,4,6,11-12,16H2,2-3H3,(H,35,37)(H,30,31,34). The third kappa shape index (κ3) is 7.00. The van der Waals surface area contributed by atoms with Gasteiger partial charge < -0.3 is 20.7 Å². The van der Waals surface area contributed by atoms with E-state index in [9.17, 15) is 13.6 Å². The second kappa shape index (κ2) is 12.0. The molecule has 0 atom stereocenters. The molecular formula is C27H30F2N7O2. The lowest BCUT2D eigenvalue weighted by molar-refractivity contribution is -0.116. The number of carbonyl (C=O) groups is 1. The minimum atomic E-state index is -1.11. The van der Waals surface area contributed by atoms with Crippen molar-refractivity contribution in [2.45, 2.75) is 38.8 Å². The van der Waals surface area contributed by atoms with E-state index in [1.807, 2.05) is 18.2 Å². The molecule has 0 aliphatic heterocycles. The van der Waals surface area contributed by atoms with E-state index in [2.05, 4.69) is 51.8 Å². The van der Waals surface area contributed by atoms with Gasteiger partial charge in [-0.1, -0.05) is 13.0 Å². The first-order valence-corrected chi connectivity index (χ1v) is 12.2. The first-order valence-electron chi connectivity index (χ1n) is 12.2. The smallest absolute Gasteiger partial charge is 0.246 e. The number of nitrogens with one attached hydrogen (secondary N) is 3. The van der Waals surface area contributed by atoms with Crippen LogP contribution in [-0.2, 0) is 11.3 Å². The number of fused-ring (bicyclic) bond motifs is 1. The lowest BCUT2D eigenvalue weighted by Crippen LogP contribution is -2.39. The number of ether oxygens (including phenoxy) is 1. The maximum Gasteiger partial charge on any atom is 0.246 e. The fraction of sp³-hybridized carbons (Fsp3) is 0.296. The van der Waals surface area contributed by atoms with Crippen molar-refractivity contribution in [3.8, 4) is 5.75 Å². The summed E-state index contributed by atoms with van der Waals surface area (Å²) in [4.78, 5) is 20.9. The number of carbonyl (C=O) groups excluding carboxylic acids is 1. The highest BCUT2D eigenvalue weighted by atomic mass is 19.2. The molecule has 1 radical (unpaired) electrons. The molecule has 9 nitrogen and oxygen atoms in total. The van der Waals surface area contributed by atoms with E-state index in [0.717, 1.165) is 30.8 Å². The van der Waals surface area contributed by atoms with E-state index in [4.69, 9.17) is 4.74 Å². The Bertz CT molecular complexity index is 1410. The van der Waals surface area contributed by atoms with Crippen molar-refractivity contribution < 1.29 is 18.3 Å². The van der Waals surface area contributed by atoms with Crippen LogP contribution in [-0.4, -0.2) is 44.3 Å². The molecule has 0 aliphatic carbocycles. The zero-order valence-corrected chi connectivity index (χ0v) is 21.3. The Balaban J connectivity index is 1.34. The van der Waals surface area contributed by atoms with Crippen molar-refractivity contribution in [1.82, 2.24) is 25.1 Å². The normalized spacial score (nSPS) is 11.5. The summed E-state index contributed by atoms with van der Waals surface area (Å²) in [5.41, 5.74) is 1.08. The zero-order valence-electron chi connectivity index (χ0n) is 21.3. The number of rotatable bonds is 12. The van der Waals surface area contributed by atoms with Gasteiger partial charge in [-0.2, -0.15) is 5.10 Å². The average molecular weight is 523 g/mol. The van der Waals surface area contributed by atoms with Crippen LogP contribution in [0.25, 0.3) is 10.9 Å². The van der Waals surface area contributed by atoms with Gasteiger partial charge in [0, 0.05) is 23.2 Å². The lowest BCUT2D eigenvalue weighted by Gasteiger charge is -2.24. The van der Waals surface area contributed by atoms with Crippen molar-refractivity contribution >= 4 is 34.0 Å². The minimum Gasteiger partial charge on any atom is -0.493 e. The van der Waals surface area contributed by atoms with Crippen LogP contribution in [0.1, 0.15) is 26.7 Å². The Morgan fingerprint density at radius 3 is 2.84 bits per heavy atom. The predicted molar refractivity (Wildman–Crippen MR) is 142 cm³/mol. The monoisotopic (exact) mass is 522 g/mol. The molecule has 4 aromatic rings. The van der Waals surface area contributed by atoms with Gasteiger partial charge in [-0.05, 0) is 57.5 Å². The maximum absolute atomic E-state index is 13.8. The van der Waals surface area contributed by atoms with Gasteiger partial charge in [-0.25, -0.2) is 18.7 Å². The highest BCUT2D eigenvalue weighted by Gasteiger charge is 2.14. The topological polar surface area (TPSA) is 106 Å². The number of anilines is 3. The third-order valence-electron chi connectivity index (χ3n) is 5.85. The summed E-state index contributed by atoms with van der Waals surface area (Å²) < 4.78 is 34.4. The van der Waals surface area contributed by atoms with E-state index in [-0.39, 0.29) is 17.8 Å². The molecule has 2 aromatic heterocycles. The molecule has 0 saturated carbocycles. The summed E-state index contributed by atoms with van der Waals surface area (Å²) in [7, 11) is 0. The van der Waals surface area contributed by atoms with Crippen molar-refractivity contribution in [3.05, 3.63) is 73.7 Å². The SMILES string of the molecule is [CH2]CC(C)(C)NCCCOc1ccc2c(Nc3cnn(CC(=O)Nc4cccc(F)c4F)c3)ncnc2c1. The first kappa shape index (κ1) is 26.9. The first-order chi connectivity index (χ1) is 18.2. The molecule has 11 heteroatoms. The number of halogens is 2. The van der Waals surface area contributed by atoms with Gasteiger partial charge in [0.15, 0.2) is 11.6 Å². The highest BCUT2D eigenvalue weighted by molar-refractivity contribution is 5.92. The summed E-state index contributed by atoms with van der Waals surface area (Å²) >= 11 is 0. The maximum atomic E-state index is 13.8. The predicted octanol–water partition coefficient (Wildman–Crippen LogP) is 4.85. The molecule has 0 spiro atoms. The second-order valence-corrected chi connectivity index (χ2v) is 9.37. The van der Waals surface area contributed by atoms with Gasteiger partial charge in [0.2, 0.25) is 5.91 Å². The number of hydrogen-bond donors (Lipinski definition) is 3. The van der Waals surface area contributed by atoms with Gasteiger partial charge in [0.05, 0.1) is 29.7 Å². The van der Waals surface area contributed by atoms with Crippen LogP contribution < -0.4 is 20.7 Å². The molecule has 3 N–H and O–H groups in total. The van der Waals surface area contributed by atoms with E-state index in [1.165, 1.54) is 29.3 Å². The van der Waals surface area contributed by atoms with Crippen molar-refractivity contribution in [2.24, 2.45) is 0 Å². The van der Waals surface area contributed by atoms with E-state index in [1.54, 1.807) is 6.20 Å². The number of aromatic nitrogens is 4. The third-order valence-corrected chi connectivity index (χ3v) is 5.85. The minimum absolute atomic E-state index is 0.00840. The molecule has 0 aliphatic rings. The molecule has 4 rings (SSSR count). The Morgan fingerprint density at radius 2 is 2.03 bits per heavy atom. The van der Waals surface area contributed by atoms with Crippen LogP contribution >= 0.6 is 0 Å². The lowest BCUT2D eigenvalue weighted by atomic mass is 10.0. The molecule has 199 valence electrons. The van der Waals surface area contributed by atoms with Crippen LogP contribution in [0.2, 0.25) is 0 Å². The average Bonchev–Trinajstić information content (AvgIpc) is 3.33. The molecular weight excluding hydrogens is 492 g/mol. The Morgan fingerprint density at radius 1 is 1.18 bits per heavy atom. The molecule has 0 bridgehead atoms. The van der Waals surface area contributed by atoms with Gasteiger partial charge in [0.25, 0.3) is 0 Å². The molecule has 2 aromatic carbocycles. The van der Waals surface area contributed by atoms with Crippen molar-refractivity contribution in [2.75, 3.05) is 23.8 Å². The largest absolute Gasteiger partial charge is 0.493 e. The Hall–Kier alpha value is -4.12. The molecule has 0 saturated heterocycles. The Kier molecular flexibility index (Phi) is 8.47. The number of benzene rings is 2. The fourth-order valence-corrected chi connectivity index (χ4v) is 3.59. The fourth-order valence-electron chi connectivity index (χ4n) is 3.59. The van der Waals surface area contributed by atoms with Gasteiger partial charge in [-0.15, -0.1) is 0 Å². The van der Waals surface area contributed by atoms with Crippen LogP contribution in [0, 0.1) is 18.6 Å². The van der Waals surface area contributed by atoms with Crippen molar-refractivity contribution in [1.29, 1.82) is 0 Å². The van der Waals surface area contributed by atoms with Gasteiger partial charge in [0.1, 0.15) is 24.4 Å². The molecule has 38 heavy (non-hydrogen) atoms. The van der Waals surface area contributed by atoms with Gasteiger partial charge in [-0.3, -0.25) is 9.48 Å². The molecule has 1 amide bonds. The summed E-state index contributed by atoms with van der Waals surface area (Å²) in [6, 6.07) is 9.18. The zero-order chi connectivity index (χ0) is 27.1. The van der Waals surface area contributed by atoms with Crippen LogP contribution in [0.4, 0.5) is 26.0 Å². The molecule has 0 unspecified atom stereocenters. The van der Waals surface area contributed by atoms with E-state index in [0.29, 0.717) is 29.4 Å². The van der Waals surface area contributed by atoms with Crippen LogP contribution in [0.3, 0.4) is 0 Å². The van der Waals surface area contributed by atoms with E-state index >= 15 is 0 Å². The second-order valence-electron chi connectivity index (χ2n) is 9.37. The quantitative estimate of drug-likeness (QED) is 0.229. The van der Waals surface area contributed by atoms with Crippen molar-refractivity contribution in [3.63, 3.8) is 0 Å². The summed E-state index contributed by atoms with van der Waals surface area (Å²) in [6.45, 7) is 9.40. The van der Waals surface area contributed by atoms with Crippen LogP contribution in [0.5, 0.6) is 5.75 Å². The number of amides is 1. The summed E-state index contributed by atoms with van der Waals surface area (Å²) in [5, 5.41) is 13.9. The highest BCUT2D eigenvalue weighted by Crippen LogP contribution is 2.26.